The lowest BCUT2D eigenvalue weighted by molar-refractivity contribution is -0.137. The van der Waals surface area contributed by atoms with Crippen molar-refractivity contribution in [1.29, 1.82) is 0 Å². The largest absolute Gasteiger partial charge is 0.495 e. The zero-order valence-corrected chi connectivity index (χ0v) is 17.3. The molecule has 8 heteroatoms. The summed E-state index contributed by atoms with van der Waals surface area (Å²) in [6.45, 7) is 2.84. The third-order valence-corrected chi connectivity index (χ3v) is 5.46. The number of hydrogen-bond donors (Lipinski definition) is 1. The highest BCUT2D eigenvalue weighted by Crippen LogP contribution is 2.35. The van der Waals surface area contributed by atoms with Gasteiger partial charge in [0.25, 0.3) is 0 Å². The van der Waals surface area contributed by atoms with Gasteiger partial charge in [0.1, 0.15) is 5.75 Å². The molecule has 150 valence electrons. The smallest absolute Gasteiger partial charge is 0.228 e. The molecule has 1 aromatic carbocycles. The van der Waals surface area contributed by atoms with Gasteiger partial charge in [-0.1, -0.05) is 11.6 Å². The van der Waals surface area contributed by atoms with Crippen LogP contribution in [0, 0.1) is 11.8 Å². The van der Waals surface area contributed by atoms with Crippen molar-refractivity contribution in [3.8, 4) is 5.75 Å². The van der Waals surface area contributed by atoms with Crippen LogP contribution in [0.3, 0.4) is 0 Å². The van der Waals surface area contributed by atoms with E-state index in [1.807, 2.05) is 11.9 Å². The quantitative estimate of drug-likeness (QED) is 0.802. The van der Waals surface area contributed by atoms with Gasteiger partial charge in [-0.15, -0.1) is 12.4 Å². The van der Waals surface area contributed by atoms with Gasteiger partial charge in [0.2, 0.25) is 11.8 Å². The average molecular weight is 416 g/mol. The molecule has 1 N–H and O–H groups in total. The molecule has 6 nitrogen and oxygen atoms in total. The molecule has 0 spiro atoms. The van der Waals surface area contributed by atoms with Crippen LogP contribution in [0.15, 0.2) is 18.2 Å². The summed E-state index contributed by atoms with van der Waals surface area (Å²) < 4.78 is 5.36. The number of methoxy groups -OCH3 is 1. The van der Waals surface area contributed by atoms with Gasteiger partial charge in [0.05, 0.1) is 18.7 Å². The summed E-state index contributed by atoms with van der Waals surface area (Å²) in [5, 5.41) is 3.73. The average Bonchev–Trinajstić information content (AvgIpc) is 3.03. The number of rotatable bonds is 5. The minimum atomic E-state index is -0.306. The summed E-state index contributed by atoms with van der Waals surface area (Å²) in [5.41, 5.74) is 0.631. The van der Waals surface area contributed by atoms with Gasteiger partial charge in [0, 0.05) is 31.1 Å². The highest BCUT2D eigenvalue weighted by Gasteiger charge is 2.39. The summed E-state index contributed by atoms with van der Waals surface area (Å²) >= 11 is 6.09. The number of likely N-dealkylation sites (tertiary alicyclic amines) is 1. The molecule has 2 saturated heterocycles. The number of ether oxygens (including phenoxy) is 1. The minimum Gasteiger partial charge on any atom is -0.495 e. The Hall–Kier alpha value is -1.50. The van der Waals surface area contributed by atoms with Crippen molar-refractivity contribution in [3.05, 3.63) is 23.2 Å². The second-order valence-electron chi connectivity index (χ2n) is 7.07. The Bertz CT molecular complexity index is 684. The molecule has 0 radical (unpaired) electrons. The lowest BCUT2D eigenvalue weighted by Gasteiger charge is -2.34. The predicted octanol–water partition coefficient (Wildman–Crippen LogP) is 2.58. The van der Waals surface area contributed by atoms with Crippen LogP contribution in [0.25, 0.3) is 0 Å². The Kier molecular flexibility index (Phi) is 7.77. The molecule has 0 aromatic heterocycles. The van der Waals surface area contributed by atoms with Gasteiger partial charge in [-0.05, 0) is 50.6 Å². The van der Waals surface area contributed by atoms with Crippen LogP contribution in [-0.2, 0) is 9.59 Å². The highest BCUT2D eigenvalue weighted by atomic mass is 35.5. The molecule has 2 atom stereocenters. The van der Waals surface area contributed by atoms with Crippen molar-refractivity contribution in [3.63, 3.8) is 0 Å². The fourth-order valence-electron chi connectivity index (χ4n) is 3.96. The maximum absolute atomic E-state index is 13.0. The van der Waals surface area contributed by atoms with Gasteiger partial charge in [-0.3, -0.25) is 9.59 Å². The Morgan fingerprint density at radius 1 is 1.37 bits per heavy atom. The first-order valence-corrected chi connectivity index (χ1v) is 9.48. The number of carbonyl (C=O) groups is 2. The van der Waals surface area contributed by atoms with Crippen molar-refractivity contribution in [1.82, 2.24) is 10.2 Å². The van der Waals surface area contributed by atoms with Gasteiger partial charge in [-0.2, -0.15) is 0 Å². The van der Waals surface area contributed by atoms with E-state index in [0.29, 0.717) is 28.9 Å². The number of benzene rings is 1. The van der Waals surface area contributed by atoms with Crippen LogP contribution >= 0.6 is 24.0 Å². The fourth-order valence-corrected chi connectivity index (χ4v) is 4.12. The van der Waals surface area contributed by atoms with Crippen molar-refractivity contribution in [2.24, 2.45) is 11.8 Å². The zero-order valence-electron chi connectivity index (χ0n) is 15.7. The number of hydrogen-bond acceptors (Lipinski definition) is 4. The van der Waals surface area contributed by atoms with E-state index in [4.69, 9.17) is 16.3 Å². The summed E-state index contributed by atoms with van der Waals surface area (Å²) in [4.78, 5) is 29.1. The lowest BCUT2D eigenvalue weighted by Crippen LogP contribution is -2.45. The monoisotopic (exact) mass is 415 g/mol. The molecule has 0 saturated carbocycles. The van der Waals surface area contributed by atoms with E-state index in [1.54, 1.807) is 30.2 Å². The molecular weight excluding hydrogens is 389 g/mol. The van der Waals surface area contributed by atoms with Crippen molar-refractivity contribution < 1.29 is 14.3 Å². The Balaban J connectivity index is 0.00000261. The van der Waals surface area contributed by atoms with Crippen molar-refractivity contribution in [2.75, 3.05) is 45.2 Å². The van der Waals surface area contributed by atoms with E-state index in [9.17, 15) is 9.59 Å². The molecule has 0 bridgehead atoms. The van der Waals surface area contributed by atoms with Crippen LogP contribution in [0.2, 0.25) is 5.02 Å². The number of amides is 2. The van der Waals surface area contributed by atoms with E-state index in [1.165, 1.54) is 0 Å². The summed E-state index contributed by atoms with van der Waals surface area (Å²) in [7, 11) is 3.50. The van der Waals surface area contributed by atoms with E-state index >= 15 is 0 Å². The number of anilines is 1. The van der Waals surface area contributed by atoms with Crippen molar-refractivity contribution in [2.45, 2.75) is 19.3 Å². The molecule has 0 aliphatic carbocycles. The summed E-state index contributed by atoms with van der Waals surface area (Å²) in [5.74, 6) is 0.789. The first-order valence-electron chi connectivity index (χ1n) is 9.10. The second-order valence-corrected chi connectivity index (χ2v) is 7.51. The first-order chi connectivity index (χ1) is 12.5. The Labute approximate surface area is 171 Å². The minimum absolute atomic E-state index is 0. The molecule has 2 aliphatic rings. The molecule has 27 heavy (non-hydrogen) atoms. The Morgan fingerprint density at radius 2 is 2.15 bits per heavy atom. The van der Waals surface area contributed by atoms with Gasteiger partial charge in [0.15, 0.2) is 0 Å². The topological polar surface area (TPSA) is 61.9 Å². The molecule has 1 aromatic rings. The van der Waals surface area contributed by atoms with Crippen LogP contribution < -0.4 is 15.0 Å². The number of piperidine rings is 1. The SMILES string of the molecule is CNCC1CCCN(C(=O)C2CC(=O)N(c3cc(Cl)ccc3OC)C2)C1.Cl. The molecule has 3 rings (SSSR count). The normalized spacial score (nSPS) is 22.6. The lowest BCUT2D eigenvalue weighted by atomic mass is 9.96. The number of nitrogens with zero attached hydrogens (tertiary/aromatic N) is 2. The van der Waals surface area contributed by atoms with Crippen LogP contribution in [0.1, 0.15) is 19.3 Å². The molecule has 2 heterocycles. The maximum atomic E-state index is 13.0. The van der Waals surface area contributed by atoms with E-state index < -0.39 is 0 Å². The van der Waals surface area contributed by atoms with Gasteiger partial charge < -0.3 is 19.9 Å². The van der Waals surface area contributed by atoms with E-state index in [0.717, 1.165) is 32.5 Å². The van der Waals surface area contributed by atoms with Crippen molar-refractivity contribution >= 4 is 41.5 Å². The second kappa shape index (κ2) is 9.62. The maximum Gasteiger partial charge on any atom is 0.228 e. The molecule has 2 fully saturated rings. The van der Waals surface area contributed by atoms with E-state index in [-0.39, 0.29) is 36.6 Å². The molecule has 2 amide bonds. The standard InChI is InChI=1S/C19H26ClN3O3.ClH/c1-21-10-13-4-3-7-22(11-13)19(25)14-8-18(24)23(12-14)16-9-15(20)5-6-17(16)26-2;/h5-6,9,13-14,21H,3-4,7-8,10-12H2,1-2H3;1H. The first kappa shape index (κ1) is 21.8. The summed E-state index contributed by atoms with van der Waals surface area (Å²) in [6.07, 6.45) is 2.40. The number of halogens is 2. The van der Waals surface area contributed by atoms with Crippen LogP contribution in [-0.4, -0.2) is 57.1 Å². The van der Waals surface area contributed by atoms with Gasteiger partial charge >= 0.3 is 0 Å². The zero-order chi connectivity index (χ0) is 18.7. The van der Waals surface area contributed by atoms with E-state index in [2.05, 4.69) is 5.32 Å². The number of carbonyl (C=O) groups excluding carboxylic acids is 2. The third-order valence-electron chi connectivity index (χ3n) is 5.23. The molecule has 2 unspecified atom stereocenters. The van der Waals surface area contributed by atoms with Gasteiger partial charge in [-0.25, -0.2) is 0 Å². The highest BCUT2D eigenvalue weighted by molar-refractivity contribution is 6.31. The molecular formula is C19H27Cl2N3O3. The fraction of sp³-hybridized carbons (Fsp3) is 0.579. The Morgan fingerprint density at radius 3 is 2.85 bits per heavy atom. The molecule has 2 aliphatic heterocycles. The predicted molar refractivity (Wildman–Crippen MR) is 109 cm³/mol. The summed E-state index contributed by atoms with van der Waals surface area (Å²) in [6, 6.07) is 5.19. The van der Waals surface area contributed by atoms with Crippen LogP contribution in [0.5, 0.6) is 5.75 Å². The number of nitrogens with one attached hydrogen (secondary N) is 1. The van der Waals surface area contributed by atoms with Crippen LogP contribution in [0.4, 0.5) is 5.69 Å². The third kappa shape index (κ3) is 4.86.